The SMILES string of the molecule is CCc1ccc(COc2ccc(-n3c(=O)cc(C(F)(F)F)n(C)c3=O)cc2)c(OC(C)C(=O)OC)c1.O=C(Nc1nc(OC(F)F)cc(OC(F)F)n1)NS(=O)(=O)c1ccccc1C(=O)O.O=C(O)CNCP(=O)(O)O. The number of nitrogens with zero attached hydrogens (tertiary/aromatic N) is 4. The van der Waals surface area contributed by atoms with Crippen molar-refractivity contribution in [3.63, 3.8) is 0 Å². The highest BCUT2D eigenvalue weighted by molar-refractivity contribution is 7.90. The largest absolute Gasteiger partial charge is 0.489 e. The molecule has 0 aliphatic heterocycles. The fourth-order valence-corrected chi connectivity index (χ4v) is 7.20. The molecule has 0 radical (unpaired) electrons. The molecule has 2 aromatic heterocycles. The number of alkyl halides is 7. The van der Waals surface area contributed by atoms with Crippen LogP contribution in [0.25, 0.3) is 5.69 Å². The van der Waals surface area contributed by atoms with Crippen molar-refractivity contribution in [2.24, 2.45) is 7.05 Å². The first-order chi connectivity index (χ1) is 35.3. The molecule has 1 unspecified atom stereocenters. The van der Waals surface area contributed by atoms with Crippen LogP contribution in [0.2, 0.25) is 0 Å². The van der Waals surface area contributed by atoms with Crippen molar-refractivity contribution < 1.29 is 107 Å². The van der Waals surface area contributed by atoms with E-state index in [1.54, 1.807) is 12.2 Å². The number of anilines is 1. The van der Waals surface area contributed by atoms with Crippen LogP contribution in [-0.4, -0.2) is 111 Å². The molecule has 414 valence electrons. The number of carbonyl (C=O) groups excluding carboxylic acids is 2. The number of aromatic carboxylic acids is 1. The molecule has 5 rings (SSSR count). The van der Waals surface area contributed by atoms with E-state index in [9.17, 15) is 72.5 Å². The number of ether oxygens (including phenoxy) is 5. The second-order valence-corrected chi connectivity index (χ2v) is 17.8. The molecule has 0 saturated heterocycles. The van der Waals surface area contributed by atoms with Gasteiger partial charge in [0.05, 0.1) is 37.3 Å². The number of urea groups is 1. The molecule has 2 heterocycles. The zero-order valence-electron chi connectivity index (χ0n) is 39.4. The topological polar surface area (TPSA) is 352 Å². The molecule has 0 aliphatic rings. The predicted octanol–water partition coefficient (Wildman–Crippen LogP) is 4.32. The van der Waals surface area contributed by atoms with Gasteiger partial charge in [0, 0.05) is 18.7 Å². The summed E-state index contributed by atoms with van der Waals surface area (Å²) >= 11 is 0. The number of rotatable bonds is 20. The highest BCUT2D eigenvalue weighted by Gasteiger charge is 2.35. The molecule has 0 bridgehead atoms. The number of esters is 1. The highest BCUT2D eigenvalue weighted by Crippen LogP contribution is 2.32. The van der Waals surface area contributed by atoms with E-state index in [0.29, 0.717) is 38.3 Å². The Morgan fingerprint density at radius 2 is 1.45 bits per heavy atom. The number of amides is 2. The van der Waals surface area contributed by atoms with Crippen LogP contribution in [0.3, 0.4) is 0 Å². The summed E-state index contributed by atoms with van der Waals surface area (Å²) in [5, 5.41) is 20.8. The third-order valence-corrected chi connectivity index (χ3v) is 11.1. The quantitative estimate of drug-likeness (QED) is 0.0324. The third-order valence-electron chi connectivity index (χ3n) is 9.03. The molecule has 3 aromatic carbocycles. The van der Waals surface area contributed by atoms with Crippen molar-refractivity contribution >= 4 is 47.5 Å². The van der Waals surface area contributed by atoms with Crippen molar-refractivity contribution in [2.45, 2.75) is 57.3 Å². The Hall–Kier alpha value is -8.13. The van der Waals surface area contributed by atoms with Gasteiger partial charge in [-0.1, -0.05) is 31.2 Å². The Labute approximate surface area is 423 Å². The van der Waals surface area contributed by atoms with Crippen LogP contribution >= 0.6 is 7.60 Å². The van der Waals surface area contributed by atoms with Crippen molar-refractivity contribution in [1.82, 2.24) is 29.1 Å². The van der Waals surface area contributed by atoms with Gasteiger partial charge in [-0.15, -0.1) is 0 Å². The minimum atomic E-state index is -4.84. The second-order valence-electron chi connectivity index (χ2n) is 14.5. The number of carboxylic acids is 2. The van der Waals surface area contributed by atoms with Crippen LogP contribution in [0.15, 0.2) is 93.3 Å². The van der Waals surface area contributed by atoms with Crippen LogP contribution in [0.4, 0.5) is 41.5 Å². The summed E-state index contributed by atoms with van der Waals surface area (Å²) in [5.41, 5.74) is -2.45. The normalized spacial score (nSPS) is 11.7. The molecule has 76 heavy (non-hydrogen) atoms. The number of benzene rings is 3. The maximum atomic E-state index is 13.1. The lowest BCUT2D eigenvalue weighted by Gasteiger charge is -2.17. The Morgan fingerprint density at radius 1 is 0.855 bits per heavy atom. The van der Waals surface area contributed by atoms with Crippen molar-refractivity contribution in [3.05, 3.63) is 122 Å². The number of hydrogen-bond acceptors (Lipinski definition) is 17. The number of aromatic nitrogens is 4. The number of hydrogen-bond donors (Lipinski definition) is 7. The van der Waals surface area contributed by atoms with Crippen molar-refractivity contribution in [3.8, 4) is 28.9 Å². The molecule has 0 spiro atoms. The van der Waals surface area contributed by atoms with Crippen LogP contribution in [-0.2, 0) is 55.2 Å². The Kier molecular flexibility index (Phi) is 22.4. The summed E-state index contributed by atoms with van der Waals surface area (Å²) in [5.74, 6) is -5.29. The second kappa shape index (κ2) is 27.4. The van der Waals surface area contributed by atoms with E-state index in [-0.39, 0.29) is 12.3 Å². The summed E-state index contributed by atoms with van der Waals surface area (Å²) in [6, 6.07) is 14.9. The first-order valence-electron chi connectivity index (χ1n) is 20.8. The Bertz CT molecular complexity index is 3110. The van der Waals surface area contributed by atoms with E-state index in [2.05, 4.69) is 24.8 Å². The standard InChI is InChI=1S/C25H25F3N2O6.C14H10F4N4O7S.C3H8NO5P/c1-5-16-6-7-17(20(12-16)36-15(2)23(32)34-4)14-35-19-10-8-18(9-11-19)30-22(31)13-21(25(26,27)28)29(3)24(30)33;15-11(16)28-8-5-9(29-12(17)18)20-13(19-8)21-14(25)22-30(26,27)7-4-2-1-3-6(7)10(23)24;5-3(6)1-4-2-10(7,8)9/h6-13,15H,5,14H2,1-4H3;1-5,11-12H,(H,23,24)(H2,19,20,21,22,25);4H,1-2H2,(H,5,6)(H2,7,8,9). The van der Waals surface area contributed by atoms with E-state index in [4.69, 9.17) is 34.2 Å². The molecule has 25 nitrogen and oxygen atoms in total. The Balaban J connectivity index is 0.000000343. The van der Waals surface area contributed by atoms with Crippen LogP contribution in [0.1, 0.15) is 41.0 Å². The average Bonchev–Trinajstić information content (AvgIpc) is 3.31. The van der Waals surface area contributed by atoms with Gasteiger partial charge in [0.25, 0.3) is 15.6 Å². The van der Waals surface area contributed by atoms with Gasteiger partial charge in [-0.05, 0) is 61.4 Å². The fourth-order valence-electron chi connectivity index (χ4n) is 5.69. The number of halogens is 7. The summed E-state index contributed by atoms with van der Waals surface area (Å²) in [4.78, 5) is 91.5. The first kappa shape index (κ1) is 62.2. The van der Waals surface area contributed by atoms with Gasteiger partial charge < -0.3 is 43.7 Å². The van der Waals surface area contributed by atoms with E-state index in [1.165, 1.54) is 48.2 Å². The lowest BCUT2D eigenvalue weighted by atomic mass is 10.1. The van der Waals surface area contributed by atoms with Gasteiger partial charge in [-0.25, -0.2) is 36.9 Å². The molecule has 1 atom stereocenters. The number of nitrogens with one attached hydrogen (secondary N) is 3. The van der Waals surface area contributed by atoms with Gasteiger partial charge in [0.2, 0.25) is 17.7 Å². The molecule has 7 N–H and O–H groups in total. The number of aryl methyl sites for hydroxylation is 1. The van der Waals surface area contributed by atoms with Crippen molar-refractivity contribution in [2.75, 3.05) is 25.3 Å². The maximum absolute atomic E-state index is 13.1. The summed E-state index contributed by atoms with van der Waals surface area (Å²) < 4.78 is 150. The third kappa shape index (κ3) is 19.6. The summed E-state index contributed by atoms with van der Waals surface area (Å²) in [6.07, 6.45) is -5.51. The maximum Gasteiger partial charge on any atom is 0.431 e. The van der Waals surface area contributed by atoms with Gasteiger partial charge in [0.1, 0.15) is 28.7 Å². The lowest BCUT2D eigenvalue weighted by molar-refractivity contribution is -0.148. The summed E-state index contributed by atoms with van der Waals surface area (Å²) in [7, 11) is -6.59. The van der Waals surface area contributed by atoms with E-state index < -0.39 is 125 Å². The van der Waals surface area contributed by atoms with Crippen LogP contribution in [0.5, 0.6) is 23.3 Å². The van der Waals surface area contributed by atoms with Gasteiger partial charge in [0.15, 0.2) is 6.10 Å². The first-order valence-corrected chi connectivity index (χ1v) is 24.0. The number of methoxy groups -OCH3 is 1. The van der Waals surface area contributed by atoms with E-state index in [1.807, 2.05) is 25.1 Å². The zero-order valence-corrected chi connectivity index (χ0v) is 41.1. The molecule has 5 aromatic rings. The minimum Gasteiger partial charge on any atom is -0.489 e. The predicted molar refractivity (Wildman–Crippen MR) is 245 cm³/mol. The number of carbonyl (C=O) groups is 4. The zero-order chi connectivity index (χ0) is 57.3. The summed E-state index contributed by atoms with van der Waals surface area (Å²) in [6.45, 7) is -3.63. The van der Waals surface area contributed by atoms with E-state index in [0.717, 1.165) is 31.2 Å². The molecule has 0 saturated carbocycles. The smallest absolute Gasteiger partial charge is 0.431 e. The highest BCUT2D eigenvalue weighted by atomic mass is 32.2. The molecule has 0 aliphatic carbocycles. The Morgan fingerprint density at radius 3 is 1.96 bits per heavy atom. The number of carboxylic acid groups (broad SMARTS) is 2. The number of aliphatic carboxylic acids is 1. The molecule has 34 heteroatoms. The van der Waals surface area contributed by atoms with Crippen LogP contribution < -0.4 is 45.6 Å². The molecule has 2 amide bonds. The van der Waals surface area contributed by atoms with Gasteiger partial charge in [-0.2, -0.15) is 40.7 Å². The van der Waals surface area contributed by atoms with Crippen LogP contribution in [0, 0.1) is 0 Å². The minimum absolute atomic E-state index is 0.0779. The monoisotopic (exact) mass is 1130 g/mol. The number of sulfonamides is 1. The van der Waals surface area contributed by atoms with E-state index >= 15 is 0 Å². The van der Waals surface area contributed by atoms with Gasteiger partial charge in [-0.3, -0.25) is 29.4 Å². The molecule has 0 fully saturated rings. The van der Waals surface area contributed by atoms with Gasteiger partial charge >= 0.3 is 56.6 Å². The molecular formula is C42H43F7N7O18PS. The average molecular weight is 1130 g/mol. The fraction of sp³-hybridized carbons (Fsp3) is 0.286. The molecular weight excluding hydrogens is 1090 g/mol. The van der Waals surface area contributed by atoms with Crippen molar-refractivity contribution in [1.29, 1.82) is 0 Å². The lowest BCUT2D eigenvalue weighted by Crippen LogP contribution is -2.40.